The van der Waals surface area contributed by atoms with Gasteiger partial charge in [0.2, 0.25) is 0 Å². The number of thioether (sulfide) groups is 1. The molecule has 32 heavy (non-hydrogen) atoms. The first-order valence-electron chi connectivity index (χ1n) is 10.6. The molecule has 2 aliphatic rings. The molecule has 2 fully saturated rings. The summed E-state index contributed by atoms with van der Waals surface area (Å²) < 4.78 is 28.6. The summed E-state index contributed by atoms with van der Waals surface area (Å²) in [5.74, 6) is -1.12. The van der Waals surface area contributed by atoms with E-state index in [0.29, 0.717) is 0 Å². The fourth-order valence-corrected chi connectivity index (χ4v) is 4.95. The minimum Gasteiger partial charge on any atom is -0.463 e. The Balaban J connectivity index is 1.83. The Morgan fingerprint density at radius 1 is 0.938 bits per heavy atom. The molecule has 10 heteroatoms. The zero-order valence-corrected chi connectivity index (χ0v) is 18.9. The number of carbonyl (C=O) groups is 2. The lowest BCUT2D eigenvalue weighted by molar-refractivity contribution is -0.234. The number of esters is 2. The molecule has 9 nitrogen and oxygen atoms in total. The van der Waals surface area contributed by atoms with Gasteiger partial charge in [0, 0.05) is 32.0 Å². The number of fused-ring (bicyclic) bond motifs is 1. The topological polar surface area (TPSA) is 121 Å². The van der Waals surface area contributed by atoms with E-state index < -0.39 is 54.0 Å². The molecule has 0 radical (unpaired) electrons. The number of benzene rings is 1. The molecule has 2 heterocycles. The Morgan fingerprint density at radius 3 is 2.19 bits per heavy atom. The minimum atomic E-state index is -1.15. The van der Waals surface area contributed by atoms with Crippen LogP contribution in [0.15, 0.2) is 35.2 Å². The number of hydrogen-bond donors (Lipinski definition) is 2. The van der Waals surface area contributed by atoms with E-state index in [4.69, 9.17) is 23.7 Å². The van der Waals surface area contributed by atoms with Crippen LogP contribution in [-0.2, 0) is 33.3 Å². The zero-order valence-electron chi connectivity index (χ0n) is 18.1. The third-order valence-electron chi connectivity index (χ3n) is 5.54. The summed E-state index contributed by atoms with van der Waals surface area (Å²) in [6.45, 7) is -0.155. The van der Waals surface area contributed by atoms with E-state index >= 15 is 0 Å². The average molecular weight is 471 g/mol. The van der Waals surface area contributed by atoms with Crippen LogP contribution >= 0.6 is 11.8 Å². The van der Waals surface area contributed by atoms with Gasteiger partial charge in [-0.3, -0.25) is 9.59 Å². The van der Waals surface area contributed by atoms with Crippen molar-refractivity contribution in [3.8, 4) is 0 Å². The standard InChI is InChI=1S/C22H30O9S/c1-27-20-19-16(30-22(21(20)28-2)32-13-6-4-3-5-7-13)12-29-17(25)10-8-14(23)15(24)9-11-18(26)31-19/h3-7,14-16,19-24H,8-12H2,1-2H3/t14?,15?,16-,19-,20+,21-,22+/m1/s1. The molecular formula is C22H30O9S. The second-order valence-electron chi connectivity index (χ2n) is 7.72. The number of carbonyl (C=O) groups excluding carboxylic acids is 2. The molecule has 7 atom stereocenters. The minimum absolute atomic E-state index is 0.00509. The van der Waals surface area contributed by atoms with Crippen molar-refractivity contribution in [1.29, 1.82) is 0 Å². The van der Waals surface area contributed by atoms with Gasteiger partial charge in [-0.05, 0) is 25.0 Å². The molecule has 0 bridgehead atoms. The number of aliphatic hydroxyl groups is 2. The number of rotatable bonds is 4. The summed E-state index contributed by atoms with van der Waals surface area (Å²) in [6, 6.07) is 9.62. The highest BCUT2D eigenvalue weighted by atomic mass is 32.2. The quantitative estimate of drug-likeness (QED) is 0.623. The molecule has 3 rings (SSSR count). The van der Waals surface area contributed by atoms with Crippen molar-refractivity contribution in [1.82, 2.24) is 0 Å². The summed E-state index contributed by atoms with van der Waals surface area (Å²) >= 11 is 1.43. The number of hydrogen-bond acceptors (Lipinski definition) is 10. The van der Waals surface area contributed by atoms with Crippen molar-refractivity contribution in [3.05, 3.63) is 30.3 Å². The molecular weight excluding hydrogens is 440 g/mol. The van der Waals surface area contributed by atoms with Gasteiger partial charge in [-0.2, -0.15) is 0 Å². The Kier molecular flexibility index (Phi) is 9.33. The van der Waals surface area contributed by atoms with E-state index in [1.54, 1.807) is 0 Å². The van der Waals surface area contributed by atoms with Gasteiger partial charge in [0.1, 0.15) is 30.4 Å². The molecule has 0 amide bonds. The SMILES string of the molecule is CO[C@@H]1[C@@H](OC)[C@H](Sc2ccccc2)O[C@@H]2COC(=O)CCC(O)C(O)CCC(=O)O[C@@H]12. The third kappa shape index (κ3) is 6.43. The van der Waals surface area contributed by atoms with E-state index in [0.717, 1.165) is 4.90 Å². The monoisotopic (exact) mass is 470 g/mol. The third-order valence-corrected chi connectivity index (χ3v) is 6.70. The summed E-state index contributed by atoms with van der Waals surface area (Å²) in [5, 5.41) is 20.0. The van der Waals surface area contributed by atoms with Gasteiger partial charge in [-0.25, -0.2) is 0 Å². The van der Waals surface area contributed by atoms with Gasteiger partial charge in [0.05, 0.1) is 12.2 Å². The van der Waals surface area contributed by atoms with Gasteiger partial charge in [0.25, 0.3) is 0 Å². The Hall–Kier alpha value is -1.69. The van der Waals surface area contributed by atoms with Crippen LogP contribution in [0, 0.1) is 0 Å². The van der Waals surface area contributed by atoms with Crippen LogP contribution in [0.4, 0.5) is 0 Å². The average Bonchev–Trinajstić information content (AvgIpc) is 2.80. The van der Waals surface area contributed by atoms with Gasteiger partial charge >= 0.3 is 11.9 Å². The van der Waals surface area contributed by atoms with E-state index in [2.05, 4.69) is 0 Å². The Labute approximate surface area is 191 Å². The van der Waals surface area contributed by atoms with Crippen molar-refractivity contribution < 1.29 is 43.5 Å². The largest absolute Gasteiger partial charge is 0.463 e. The van der Waals surface area contributed by atoms with Crippen molar-refractivity contribution in [2.24, 2.45) is 0 Å². The Bertz CT molecular complexity index is 746. The second kappa shape index (κ2) is 12.0. The summed E-state index contributed by atoms with van der Waals surface area (Å²) in [7, 11) is 3.02. The van der Waals surface area contributed by atoms with E-state index in [1.807, 2.05) is 30.3 Å². The molecule has 0 spiro atoms. The second-order valence-corrected chi connectivity index (χ2v) is 8.90. The highest BCUT2D eigenvalue weighted by molar-refractivity contribution is 7.99. The number of ether oxygens (including phenoxy) is 5. The predicted octanol–water partition coefficient (Wildman–Crippen LogP) is 1.28. The van der Waals surface area contributed by atoms with Crippen molar-refractivity contribution in [2.75, 3.05) is 20.8 Å². The lowest BCUT2D eigenvalue weighted by Crippen LogP contribution is -2.60. The highest BCUT2D eigenvalue weighted by Gasteiger charge is 2.49. The number of aliphatic hydroxyl groups excluding tert-OH is 2. The molecule has 2 aliphatic heterocycles. The van der Waals surface area contributed by atoms with Crippen LogP contribution in [0.5, 0.6) is 0 Å². The van der Waals surface area contributed by atoms with Crippen LogP contribution in [0.1, 0.15) is 25.7 Å². The molecule has 178 valence electrons. The van der Waals surface area contributed by atoms with Crippen LogP contribution in [0.2, 0.25) is 0 Å². The first kappa shape index (κ1) is 24.9. The zero-order chi connectivity index (χ0) is 23.1. The Morgan fingerprint density at radius 2 is 1.56 bits per heavy atom. The van der Waals surface area contributed by atoms with Crippen molar-refractivity contribution in [2.45, 2.75) is 72.6 Å². The fraction of sp³-hybridized carbons (Fsp3) is 0.636. The molecule has 2 saturated heterocycles. The molecule has 0 aliphatic carbocycles. The van der Waals surface area contributed by atoms with Gasteiger partial charge in [-0.15, -0.1) is 0 Å². The predicted molar refractivity (Wildman–Crippen MR) is 114 cm³/mol. The maximum Gasteiger partial charge on any atom is 0.306 e. The smallest absolute Gasteiger partial charge is 0.306 e. The number of methoxy groups -OCH3 is 2. The summed E-state index contributed by atoms with van der Waals surface area (Å²) in [5.41, 5.74) is -0.509. The van der Waals surface area contributed by atoms with Gasteiger partial charge in [-0.1, -0.05) is 30.0 Å². The van der Waals surface area contributed by atoms with Gasteiger partial charge in [0.15, 0.2) is 6.10 Å². The summed E-state index contributed by atoms with van der Waals surface area (Å²) in [4.78, 5) is 25.6. The molecule has 0 saturated carbocycles. The molecule has 2 unspecified atom stereocenters. The molecule has 1 aromatic rings. The normalized spacial score (nSPS) is 34.8. The van der Waals surface area contributed by atoms with Crippen LogP contribution in [-0.4, -0.2) is 85.0 Å². The molecule has 1 aromatic carbocycles. The van der Waals surface area contributed by atoms with Crippen molar-refractivity contribution >= 4 is 23.7 Å². The van der Waals surface area contributed by atoms with Crippen LogP contribution < -0.4 is 0 Å². The lowest BCUT2D eigenvalue weighted by atomic mass is 9.99. The van der Waals surface area contributed by atoms with E-state index in [1.165, 1.54) is 26.0 Å². The van der Waals surface area contributed by atoms with Crippen LogP contribution in [0.25, 0.3) is 0 Å². The summed E-state index contributed by atoms with van der Waals surface area (Å²) in [6.07, 6.45) is -5.34. The van der Waals surface area contributed by atoms with Crippen molar-refractivity contribution in [3.63, 3.8) is 0 Å². The highest BCUT2D eigenvalue weighted by Crippen LogP contribution is 2.37. The maximum absolute atomic E-state index is 12.5. The lowest BCUT2D eigenvalue weighted by Gasteiger charge is -2.44. The maximum atomic E-state index is 12.5. The van der Waals surface area contributed by atoms with E-state index in [9.17, 15) is 19.8 Å². The molecule has 0 aromatic heterocycles. The number of cyclic esters (lactones) is 1. The first-order valence-corrected chi connectivity index (χ1v) is 11.4. The van der Waals surface area contributed by atoms with Crippen LogP contribution in [0.3, 0.4) is 0 Å². The van der Waals surface area contributed by atoms with Gasteiger partial charge < -0.3 is 33.9 Å². The molecule has 2 N–H and O–H groups in total. The fourth-order valence-electron chi connectivity index (χ4n) is 3.77. The van der Waals surface area contributed by atoms with E-state index in [-0.39, 0.29) is 32.3 Å². The first-order chi connectivity index (χ1) is 15.4.